The third kappa shape index (κ3) is 5.31. The molecule has 0 aromatic carbocycles. The van der Waals surface area contributed by atoms with Crippen molar-refractivity contribution >= 4 is 30.1 Å². The first-order valence-electron chi connectivity index (χ1n) is 10.8. The number of amides is 1. The molecule has 2 aromatic heterocycles. The number of hydrogen-bond donors (Lipinski definition) is 1. The van der Waals surface area contributed by atoms with Crippen LogP contribution in [-0.4, -0.2) is 53.5 Å². The molecule has 172 valence electrons. The molecule has 9 heteroatoms. The van der Waals surface area contributed by atoms with Gasteiger partial charge in [-0.25, -0.2) is 9.37 Å². The summed E-state index contributed by atoms with van der Waals surface area (Å²) in [5.41, 5.74) is 1.96. The van der Waals surface area contributed by atoms with Gasteiger partial charge in [0, 0.05) is 31.4 Å². The summed E-state index contributed by atoms with van der Waals surface area (Å²) in [5, 5.41) is 3.70. The highest BCUT2D eigenvalue weighted by Gasteiger charge is 2.30. The fourth-order valence-electron chi connectivity index (χ4n) is 4.05. The maximum atomic E-state index is 14.7. The summed E-state index contributed by atoms with van der Waals surface area (Å²) in [5.74, 6) is -1.29. The molecule has 4 rings (SSSR count). The molecule has 1 aliphatic heterocycles. The number of halogens is 1. The summed E-state index contributed by atoms with van der Waals surface area (Å²) in [6.07, 6.45) is 5.23. The van der Waals surface area contributed by atoms with Gasteiger partial charge in [0.2, 0.25) is 0 Å². The molecule has 0 spiro atoms. The molecule has 2 aromatic rings. The van der Waals surface area contributed by atoms with Crippen LogP contribution in [0.5, 0.6) is 0 Å². The second-order valence-corrected chi connectivity index (χ2v) is 8.05. The number of pyridine rings is 2. The number of nitrogens with zero attached hydrogens (tertiary/aromatic N) is 2. The SMILES string of the molecule is CC(=O)O[C@H]1COCC[C@@H]1NC(=O)c1cc(Cc2ccc(C=O)nc2)c2c(n1)=C(F)CCC=2. The molecule has 0 radical (unpaired) electrons. The first kappa shape index (κ1) is 22.7. The first-order chi connectivity index (χ1) is 15.9. The molecule has 2 atom stereocenters. The Morgan fingerprint density at radius 1 is 1.36 bits per heavy atom. The van der Waals surface area contributed by atoms with Crippen molar-refractivity contribution in [3.05, 3.63) is 57.5 Å². The summed E-state index contributed by atoms with van der Waals surface area (Å²) in [6.45, 7) is 1.91. The van der Waals surface area contributed by atoms with E-state index in [-0.39, 0.29) is 29.9 Å². The Bertz CT molecular complexity index is 1200. The molecule has 1 fully saturated rings. The monoisotopic (exact) mass is 453 g/mol. The third-order valence-corrected chi connectivity index (χ3v) is 5.65. The van der Waals surface area contributed by atoms with Gasteiger partial charge in [-0.2, -0.15) is 0 Å². The van der Waals surface area contributed by atoms with E-state index in [1.807, 2.05) is 6.08 Å². The lowest BCUT2D eigenvalue weighted by Gasteiger charge is -2.31. The van der Waals surface area contributed by atoms with Crippen molar-refractivity contribution in [3.8, 4) is 0 Å². The minimum Gasteiger partial charge on any atom is -0.458 e. The van der Waals surface area contributed by atoms with E-state index in [4.69, 9.17) is 9.47 Å². The Hall–Kier alpha value is -3.46. The van der Waals surface area contributed by atoms with E-state index in [0.717, 1.165) is 11.1 Å². The van der Waals surface area contributed by atoms with E-state index >= 15 is 0 Å². The molecule has 1 aliphatic carbocycles. The molecule has 1 saturated heterocycles. The fraction of sp³-hybridized carbons (Fsp3) is 0.375. The van der Waals surface area contributed by atoms with Gasteiger partial charge in [0.25, 0.3) is 5.91 Å². The lowest BCUT2D eigenvalue weighted by atomic mass is 9.99. The van der Waals surface area contributed by atoms with Gasteiger partial charge < -0.3 is 14.8 Å². The van der Waals surface area contributed by atoms with Crippen LogP contribution in [0, 0.1) is 0 Å². The Morgan fingerprint density at radius 3 is 2.94 bits per heavy atom. The molecular weight excluding hydrogens is 429 g/mol. The maximum Gasteiger partial charge on any atom is 0.303 e. The van der Waals surface area contributed by atoms with Gasteiger partial charge in [0.05, 0.1) is 12.6 Å². The highest BCUT2D eigenvalue weighted by Crippen LogP contribution is 2.14. The number of aromatic nitrogens is 2. The van der Waals surface area contributed by atoms with E-state index in [2.05, 4.69) is 15.3 Å². The molecule has 0 unspecified atom stereocenters. The van der Waals surface area contributed by atoms with Crippen LogP contribution < -0.4 is 15.9 Å². The molecule has 1 N–H and O–H groups in total. The minimum absolute atomic E-state index is 0.0831. The highest BCUT2D eigenvalue weighted by atomic mass is 19.1. The number of nitrogens with one attached hydrogen (secondary N) is 1. The Labute approximate surface area is 189 Å². The lowest BCUT2D eigenvalue weighted by molar-refractivity contribution is -0.154. The number of fused-ring (bicyclic) bond motifs is 1. The average molecular weight is 453 g/mol. The molecule has 2 aliphatic rings. The standard InChI is InChI=1S/C24H24FN3O5/c1-14(30)33-22-13-32-8-7-20(22)28-24(31)21-10-16(9-15-5-6-17(12-29)26-11-15)18-3-2-4-19(25)23(18)27-21/h3,5-6,10-12,20,22H,2,4,7-9,13H2,1H3,(H,28,31)/t20-,22-/m0/s1. The van der Waals surface area contributed by atoms with Crippen molar-refractivity contribution in [2.45, 2.75) is 44.8 Å². The summed E-state index contributed by atoms with van der Waals surface area (Å²) in [4.78, 5) is 43.7. The van der Waals surface area contributed by atoms with E-state index < -0.39 is 24.0 Å². The van der Waals surface area contributed by atoms with E-state index in [9.17, 15) is 18.8 Å². The van der Waals surface area contributed by atoms with Gasteiger partial charge in [-0.05, 0) is 42.5 Å². The van der Waals surface area contributed by atoms with Gasteiger partial charge in [-0.15, -0.1) is 0 Å². The molecule has 1 amide bonds. The Balaban J connectivity index is 1.65. The van der Waals surface area contributed by atoms with Crippen molar-refractivity contribution < 1.29 is 28.2 Å². The average Bonchev–Trinajstić information content (AvgIpc) is 2.81. The smallest absolute Gasteiger partial charge is 0.303 e. The van der Waals surface area contributed by atoms with Gasteiger partial charge in [0.15, 0.2) is 6.29 Å². The Morgan fingerprint density at radius 2 is 2.21 bits per heavy atom. The summed E-state index contributed by atoms with van der Waals surface area (Å²) >= 11 is 0. The maximum absolute atomic E-state index is 14.7. The normalized spacial score (nSPS) is 19.8. The van der Waals surface area contributed by atoms with Crippen LogP contribution in [0.3, 0.4) is 0 Å². The second-order valence-electron chi connectivity index (χ2n) is 8.05. The van der Waals surface area contributed by atoms with Crippen molar-refractivity contribution in [2.75, 3.05) is 13.2 Å². The van der Waals surface area contributed by atoms with Gasteiger partial charge >= 0.3 is 5.97 Å². The number of ether oxygens (including phenoxy) is 2. The van der Waals surface area contributed by atoms with Crippen LogP contribution >= 0.6 is 0 Å². The van der Waals surface area contributed by atoms with Crippen LogP contribution in [0.2, 0.25) is 0 Å². The lowest BCUT2D eigenvalue weighted by Crippen LogP contribution is -2.51. The number of carbonyl (C=O) groups excluding carboxylic acids is 3. The number of rotatable bonds is 6. The van der Waals surface area contributed by atoms with Crippen molar-refractivity contribution in [1.29, 1.82) is 0 Å². The predicted octanol–water partition coefficient (Wildman–Crippen LogP) is 0.982. The van der Waals surface area contributed by atoms with Crippen LogP contribution in [0.15, 0.2) is 24.4 Å². The van der Waals surface area contributed by atoms with Crippen LogP contribution in [0.25, 0.3) is 11.9 Å². The zero-order chi connectivity index (χ0) is 23.4. The van der Waals surface area contributed by atoms with Crippen molar-refractivity contribution in [2.24, 2.45) is 0 Å². The van der Waals surface area contributed by atoms with Gasteiger partial charge in [0.1, 0.15) is 28.7 Å². The van der Waals surface area contributed by atoms with E-state index in [0.29, 0.717) is 43.1 Å². The van der Waals surface area contributed by atoms with Gasteiger partial charge in [-0.3, -0.25) is 19.4 Å². The Kier molecular flexibility index (Phi) is 6.88. The zero-order valence-corrected chi connectivity index (χ0v) is 18.2. The van der Waals surface area contributed by atoms with Crippen molar-refractivity contribution in [3.63, 3.8) is 0 Å². The van der Waals surface area contributed by atoms with Crippen LogP contribution in [0.1, 0.15) is 58.3 Å². The van der Waals surface area contributed by atoms with Crippen molar-refractivity contribution in [1.82, 2.24) is 15.3 Å². The molecule has 8 nitrogen and oxygen atoms in total. The predicted molar refractivity (Wildman–Crippen MR) is 116 cm³/mol. The molecule has 0 bridgehead atoms. The minimum atomic E-state index is -0.601. The molecular formula is C24H24FN3O5. The third-order valence-electron chi connectivity index (χ3n) is 5.65. The van der Waals surface area contributed by atoms with E-state index in [1.54, 1.807) is 24.4 Å². The number of aldehydes is 1. The summed E-state index contributed by atoms with van der Waals surface area (Å²) < 4.78 is 25.3. The molecule has 3 heterocycles. The molecule has 0 saturated carbocycles. The quantitative estimate of drug-likeness (QED) is 0.513. The number of esters is 1. The summed E-state index contributed by atoms with van der Waals surface area (Å²) in [7, 11) is 0. The van der Waals surface area contributed by atoms with Crippen LogP contribution in [0.4, 0.5) is 4.39 Å². The first-order valence-corrected chi connectivity index (χ1v) is 10.8. The highest BCUT2D eigenvalue weighted by molar-refractivity contribution is 5.92. The second kappa shape index (κ2) is 9.99. The summed E-state index contributed by atoms with van der Waals surface area (Å²) in [6, 6.07) is 4.60. The largest absolute Gasteiger partial charge is 0.458 e. The number of hydrogen-bond acceptors (Lipinski definition) is 7. The zero-order valence-electron chi connectivity index (χ0n) is 18.2. The van der Waals surface area contributed by atoms with E-state index in [1.165, 1.54) is 6.92 Å². The topological polar surface area (TPSA) is 107 Å². The number of carbonyl (C=O) groups is 3. The van der Waals surface area contributed by atoms with Gasteiger partial charge in [-0.1, -0.05) is 12.1 Å². The van der Waals surface area contributed by atoms with Crippen LogP contribution in [-0.2, 0) is 20.7 Å². The fourth-order valence-corrected chi connectivity index (χ4v) is 4.05. The molecule has 33 heavy (non-hydrogen) atoms.